The number of rotatable bonds is 11. The highest BCUT2D eigenvalue weighted by Crippen LogP contribution is 2.29. The molecule has 0 saturated carbocycles. The number of imide groups is 1. The largest absolute Gasteiger partial charge is 0.489 e. The summed E-state index contributed by atoms with van der Waals surface area (Å²) in [5, 5.41) is 0.593. The number of aromatic nitrogens is 2. The van der Waals surface area contributed by atoms with Crippen LogP contribution >= 0.6 is 0 Å². The van der Waals surface area contributed by atoms with Gasteiger partial charge in [0.15, 0.2) is 6.10 Å². The van der Waals surface area contributed by atoms with Crippen LogP contribution in [0.4, 0.5) is 4.79 Å². The Kier molecular flexibility index (Phi) is 9.48. The van der Waals surface area contributed by atoms with Crippen LogP contribution in [0, 0.1) is 5.92 Å². The van der Waals surface area contributed by atoms with Crippen molar-refractivity contribution in [1.82, 2.24) is 19.3 Å². The first-order valence-electron chi connectivity index (χ1n) is 17.1. The van der Waals surface area contributed by atoms with Crippen LogP contribution in [-0.2, 0) is 25.5 Å². The molecule has 52 heavy (non-hydrogen) atoms. The number of hydrogen-bond acceptors (Lipinski definition) is 9. The van der Waals surface area contributed by atoms with Crippen LogP contribution in [0.1, 0.15) is 64.4 Å². The molecule has 1 saturated heterocycles. The number of likely N-dealkylation sites (tertiary alicyclic amines) is 1. The maximum Gasteiger partial charge on any atom is 0.410 e. The zero-order chi connectivity index (χ0) is 36.4. The minimum absolute atomic E-state index is 0.174. The average Bonchev–Trinajstić information content (AvgIpc) is 3.63. The molecule has 3 amide bonds. The van der Waals surface area contributed by atoms with Crippen LogP contribution in [0.15, 0.2) is 109 Å². The average molecular weight is 703 g/mol. The van der Waals surface area contributed by atoms with E-state index in [1.165, 1.54) is 12.1 Å². The second-order valence-electron chi connectivity index (χ2n) is 13.8. The number of benzene rings is 3. The van der Waals surface area contributed by atoms with E-state index in [4.69, 9.17) is 24.0 Å². The third kappa shape index (κ3) is 7.52. The normalized spacial score (nSPS) is 15.1. The number of fused-ring (bicyclic) bond motifs is 2. The zero-order valence-corrected chi connectivity index (χ0v) is 29.0. The Morgan fingerprint density at radius 3 is 2.00 bits per heavy atom. The van der Waals surface area contributed by atoms with Gasteiger partial charge in [-0.25, -0.2) is 19.4 Å². The Balaban J connectivity index is 1.07. The third-order valence-corrected chi connectivity index (χ3v) is 8.67. The molecule has 5 aromatic rings. The Hall–Kier alpha value is -6.01. The summed E-state index contributed by atoms with van der Waals surface area (Å²) >= 11 is 0. The summed E-state index contributed by atoms with van der Waals surface area (Å²) in [6, 6.07) is 28.3. The fourth-order valence-corrected chi connectivity index (χ4v) is 6.16. The van der Waals surface area contributed by atoms with E-state index < -0.39 is 35.6 Å². The van der Waals surface area contributed by atoms with Crippen molar-refractivity contribution in [2.75, 3.05) is 19.7 Å². The number of hydrogen-bond donors (Lipinski definition) is 0. The van der Waals surface area contributed by atoms with Gasteiger partial charge in [0.1, 0.15) is 23.6 Å². The van der Waals surface area contributed by atoms with Crippen molar-refractivity contribution in [3.05, 3.63) is 137 Å². The Morgan fingerprint density at radius 2 is 1.40 bits per heavy atom. The van der Waals surface area contributed by atoms with Gasteiger partial charge in [0.05, 0.1) is 23.0 Å². The standard InChI is InChI=1S/C40H38N4O8/c1-40(2,3)51-39(48)43-21-26(22-43)20-29-23-42-24-30(18-19-34(42)41-29)49-25-33(52-44-36(45)31-16-10-11-17-32(31)37(44)46)38(47)50-35(27-12-6-4-7-13-27)28-14-8-5-9-15-28/h4-19,23-24,26,33,35H,20-22,25H2,1-3H3. The minimum atomic E-state index is -1.50. The quantitative estimate of drug-likeness (QED) is 0.119. The van der Waals surface area contributed by atoms with E-state index in [1.807, 2.05) is 92.0 Å². The summed E-state index contributed by atoms with van der Waals surface area (Å²) in [6.45, 7) is 6.35. The molecule has 3 aromatic carbocycles. The molecule has 0 N–H and O–H groups in total. The number of ether oxygens (including phenoxy) is 3. The van der Waals surface area contributed by atoms with Gasteiger partial charge in [-0.3, -0.25) is 9.59 Å². The fourth-order valence-electron chi connectivity index (χ4n) is 6.16. The van der Waals surface area contributed by atoms with Gasteiger partial charge in [0, 0.05) is 19.3 Å². The van der Waals surface area contributed by atoms with Gasteiger partial charge in [0.25, 0.3) is 11.8 Å². The summed E-state index contributed by atoms with van der Waals surface area (Å²) in [4.78, 5) is 65.0. The van der Waals surface area contributed by atoms with Crippen molar-refractivity contribution in [3.63, 3.8) is 0 Å². The third-order valence-electron chi connectivity index (χ3n) is 8.67. The molecule has 1 atom stereocenters. The van der Waals surface area contributed by atoms with Crippen LogP contribution in [0.25, 0.3) is 5.65 Å². The molecule has 1 unspecified atom stereocenters. The van der Waals surface area contributed by atoms with E-state index in [-0.39, 0.29) is 29.7 Å². The van der Waals surface area contributed by atoms with Crippen LogP contribution in [0.3, 0.4) is 0 Å². The molecule has 2 aliphatic rings. The molecule has 7 rings (SSSR count). The Bertz CT molecular complexity index is 2030. The second-order valence-corrected chi connectivity index (χ2v) is 13.8. The Morgan fingerprint density at radius 1 is 0.808 bits per heavy atom. The number of esters is 1. The van der Waals surface area contributed by atoms with E-state index in [9.17, 15) is 19.2 Å². The van der Waals surface area contributed by atoms with Crippen molar-refractivity contribution in [1.29, 1.82) is 0 Å². The van der Waals surface area contributed by atoms with Gasteiger partial charge in [-0.2, -0.15) is 0 Å². The highest BCUT2D eigenvalue weighted by atomic mass is 16.7. The fraction of sp³-hybridized carbons (Fsp3) is 0.275. The first-order valence-corrected chi connectivity index (χ1v) is 17.1. The number of imidazole rings is 1. The lowest BCUT2D eigenvalue weighted by Gasteiger charge is -2.39. The van der Waals surface area contributed by atoms with E-state index in [0.717, 1.165) is 16.8 Å². The first kappa shape index (κ1) is 34.4. The molecule has 12 heteroatoms. The van der Waals surface area contributed by atoms with Crippen LogP contribution in [0.5, 0.6) is 5.75 Å². The topological polar surface area (TPSA) is 129 Å². The van der Waals surface area contributed by atoms with Gasteiger partial charge in [-0.15, -0.1) is 5.06 Å². The monoisotopic (exact) mass is 702 g/mol. The van der Waals surface area contributed by atoms with Gasteiger partial charge in [-0.05, 0) is 68.5 Å². The number of amides is 3. The second kappa shape index (κ2) is 14.3. The van der Waals surface area contributed by atoms with Crippen molar-refractivity contribution < 1.29 is 38.2 Å². The maximum absolute atomic E-state index is 14.0. The Labute approximate surface area is 300 Å². The summed E-state index contributed by atoms with van der Waals surface area (Å²) in [5.41, 5.74) is 2.80. The molecule has 1 fully saturated rings. The molecule has 0 spiro atoms. The van der Waals surface area contributed by atoms with Crippen LogP contribution < -0.4 is 4.74 Å². The highest BCUT2D eigenvalue weighted by Gasteiger charge is 2.41. The van der Waals surface area contributed by atoms with Gasteiger partial charge in [-0.1, -0.05) is 72.8 Å². The first-order chi connectivity index (χ1) is 25.0. The van der Waals surface area contributed by atoms with Gasteiger partial charge >= 0.3 is 12.1 Å². The molecule has 12 nitrogen and oxygen atoms in total. The van der Waals surface area contributed by atoms with Gasteiger partial charge in [0.2, 0.25) is 6.10 Å². The molecule has 4 heterocycles. The minimum Gasteiger partial charge on any atom is -0.489 e. The van der Waals surface area contributed by atoms with E-state index in [0.29, 0.717) is 36.0 Å². The summed E-state index contributed by atoms with van der Waals surface area (Å²) in [5.74, 6) is -1.55. The molecular weight excluding hydrogens is 664 g/mol. The molecule has 2 aliphatic heterocycles. The number of carbonyl (C=O) groups is 4. The zero-order valence-electron chi connectivity index (χ0n) is 29.0. The number of carbonyl (C=O) groups excluding carboxylic acids is 4. The molecule has 0 bridgehead atoms. The predicted molar refractivity (Wildman–Crippen MR) is 188 cm³/mol. The van der Waals surface area contributed by atoms with E-state index in [2.05, 4.69) is 0 Å². The lowest BCUT2D eigenvalue weighted by Crippen LogP contribution is -2.52. The highest BCUT2D eigenvalue weighted by molar-refractivity contribution is 6.20. The SMILES string of the molecule is CC(C)(C)OC(=O)N1CC(Cc2cn3cc(OCC(ON4C(=O)c5ccccc5C4=O)C(=O)OC(c4ccccc4)c4ccccc4)ccc3n2)C1. The van der Waals surface area contributed by atoms with Crippen LogP contribution in [0.2, 0.25) is 0 Å². The lowest BCUT2D eigenvalue weighted by atomic mass is 9.95. The van der Waals surface area contributed by atoms with Crippen LogP contribution in [-0.4, -0.2) is 74.6 Å². The predicted octanol–water partition coefficient (Wildman–Crippen LogP) is 6.05. The van der Waals surface area contributed by atoms with Crippen molar-refractivity contribution in [2.45, 2.75) is 45.0 Å². The maximum atomic E-state index is 14.0. The van der Waals surface area contributed by atoms with Crippen molar-refractivity contribution in [2.24, 2.45) is 5.92 Å². The van der Waals surface area contributed by atoms with Crippen molar-refractivity contribution in [3.8, 4) is 5.75 Å². The number of hydroxylamine groups is 2. The molecular formula is C40H38N4O8. The van der Waals surface area contributed by atoms with E-state index >= 15 is 0 Å². The van der Waals surface area contributed by atoms with Crippen molar-refractivity contribution >= 4 is 29.5 Å². The number of nitrogens with zero attached hydrogens (tertiary/aromatic N) is 4. The molecule has 0 radical (unpaired) electrons. The lowest BCUT2D eigenvalue weighted by molar-refractivity contribution is -0.187. The smallest absolute Gasteiger partial charge is 0.410 e. The molecule has 2 aromatic heterocycles. The van der Waals surface area contributed by atoms with Gasteiger partial charge < -0.3 is 23.5 Å². The van der Waals surface area contributed by atoms with E-state index in [1.54, 1.807) is 35.4 Å². The summed E-state index contributed by atoms with van der Waals surface area (Å²) < 4.78 is 19.4. The summed E-state index contributed by atoms with van der Waals surface area (Å²) in [7, 11) is 0. The molecule has 0 aliphatic carbocycles. The molecule has 266 valence electrons. The summed E-state index contributed by atoms with van der Waals surface area (Å²) in [6.07, 6.45) is 1.69. The number of pyridine rings is 1.